The van der Waals surface area contributed by atoms with Crippen molar-refractivity contribution in [2.75, 3.05) is 24.6 Å². The van der Waals surface area contributed by atoms with E-state index in [9.17, 15) is 39.9 Å². The van der Waals surface area contributed by atoms with Gasteiger partial charge in [-0.2, -0.15) is 0 Å². The second-order valence-corrected chi connectivity index (χ2v) is 13.8. The van der Waals surface area contributed by atoms with Crippen LogP contribution in [0.3, 0.4) is 0 Å². The fraction of sp³-hybridized carbons (Fsp3) is 0.474. The van der Waals surface area contributed by atoms with Gasteiger partial charge in [0.05, 0.1) is 12.7 Å². The first-order chi connectivity index (χ1) is 26.7. The number of aliphatic hydroxyl groups is 5. The molecule has 3 rings (SSSR count). The zero-order chi connectivity index (χ0) is 41.2. The number of carboxylic acid groups (broad SMARTS) is 1. The number of unbranched alkanes of at least 4 members (excludes halogenated alkanes) is 4. The average Bonchev–Trinajstić information content (AvgIpc) is 3.18. The SMILES string of the molecule is NC(=NCCCCc1ccc(-c2ccc(CCC(=O)N[C@@H](CCCCCC[C@H](O)[C@@H](O)[C@H](O)[C@H](O)CO)C(=O)O)cc2)cc1)NC(=O)c1nc(Cl)c(N)nc1N. The molecule has 18 heteroatoms. The van der Waals surface area contributed by atoms with Crippen LogP contribution in [0.25, 0.3) is 11.1 Å². The highest BCUT2D eigenvalue weighted by atomic mass is 35.5. The van der Waals surface area contributed by atoms with Gasteiger partial charge in [0, 0.05) is 13.0 Å². The number of nitrogens with two attached hydrogens (primary N) is 3. The van der Waals surface area contributed by atoms with Crippen molar-refractivity contribution in [3.8, 4) is 11.1 Å². The summed E-state index contributed by atoms with van der Waals surface area (Å²) in [6.07, 6.45) is -0.468. The summed E-state index contributed by atoms with van der Waals surface area (Å²) in [5, 5.41) is 62.3. The first-order valence-corrected chi connectivity index (χ1v) is 18.8. The second-order valence-electron chi connectivity index (χ2n) is 13.5. The summed E-state index contributed by atoms with van der Waals surface area (Å²) in [4.78, 5) is 48.5. The van der Waals surface area contributed by atoms with Gasteiger partial charge in [-0.05, 0) is 60.8 Å². The van der Waals surface area contributed by atoms with E-state index in [0.717, 1.165) is 41.5 Å². The molecular formula is C38H53ClN8O9. The number of rotatable bonds is 23. The molecule has 0 radical (unpaired) electrons. The molecule has 2 aromatic carbocycles. The lowest BCUT2D eigenvalue weighted by atomic mass is 9.98. The molecule has 306 valence electrons. The maximum atomic E-state index is 12.6. The zero-order valence-corrected chi connectivity index (χ0v) is 31.8. The Morgan fingerprint density at radius 3 is 1.91 bits per heavy atom. The molecule has 3 aromatic rings. The topological polar surface area (TPSA) is 313 Å². The summed E-state index contributed by atoms with van der Waals surface area (Å²) in [5.41, 5.74) is 21.0. The van der Waals surface area contributed by atoms with E-state index < -0.39 is 48.9 Å². The molecule has 17 nitrogen and oxygen atoms in total. The number of anilines is 2. The Bertz CT molecular complexity index is 1750. The number of guanidine groups is 1. The van der Waals surface area contributed by atoms with Crippen LogP contribution in [0.5, 0.6) is 0 Å². The van der Waals surface area contributed by atoms with Crippen LogP contribution in [-0.2, 0) is 22.4 Å². The average molecular weight is 801 g/mol. The second kappa shape index (κ2) is 23.2. The molecule has 2 amide bonds. The van der Waals surface area contributed by atoms with Crippen LogP contribution < -0.4 is 27.8 Å². The number of aromatic nitrogens is 2. The Morgan fingerprint density at radius 1 is 0.750 bits per heavy atom. The van der Waals surface area contributed by atoms with Crippen molar-refractivity contribution in [1.29, 1.82) is 0 Å². The minimum absolute atomic E-state index is 0.0808. The van der Waals surface area contributed by atoms with E-state index in [2.05, 4.69) is 37.7 Å². The predicted octanol–water partition coefficient (Wildman–Crippen LogP) is 1.31. The van der Waals surface area contributed by atoms with Gasteiger partial charge in [-0.1, -0.05) is 85.8 Å². The van der Waals surface area contributed by atoms with Gasteiger partial charge in [0.2, 0.25) is 5.91 Å². The quantitative estimate of drug-likeness (QED) is 0.0366. The van der Waals surface area contributed by atoms with E-state index in [1.54, 1.807) is 0 Å². The molecule has 56 heavy (non-hydrogen) atoms. The number of halogens is 1. The largest absolute Gasteiger partial charge is 0.480 e. The Balaban J connectivity index is 1.33. The smallest absolute Gasteiger partial charge is 0.326 e. The van der Waals surface area contributed by atoms with Crippen LogP contribution >= 0.6 is 11.6 Å². The number of carboxylic acids is 1. The number of amides is 2. The molecule has 0 spiro atoms. The van der Waals surface area contributed by atoms with Crippen LogP contribution in [0.15, 0.2) is 53.5 Å². The Morgan fingerprint density at radius 2 is 1.32 bits per heavy atom. The number of benzene rings is 2. The number of aliphatic carboxylic acids is 1. The summed E-state index contributed by atoms with van der Waals surface area (Å²) < 4.78 is 0. The van der Waals surface area contributed by atoms with Gasteiger partial charge in [0.25, 0.3) is 5.91 Å². The van der Waals surface area contributed by atoms with Crippen LogP contribution in [0.1, 0.15) is 79.4 Å². The first kappa shape index (κ1) is 45.5. The maximum absolute atomic E-state index is 12.6. The van der Waals surface area contributed by atoms with Gasteiger partial charge in [-0.15, -0.1) is 0 Å². The lowest BCUT2D eigenvalue weighted by Crippen LogP contribution is -2.45. The van der Waals surface area contributed by atoms with E-state index in [1.807, 2.05) is 36.4 Å². The minimum Gasteiger partial charge on any atom is -0.480 e. The molecule has 0 fully saturated rings. The molecule has 0 saturated heterocycles. The Kier molecular flexibility index (Phi) is 18.9. The van der Waals surface area contributed by atoms with Crippen molar-refractivity contribution in [2.24, 2.45) is 10.7 Å². The normalized spacial score (nSPS) is 14.4. The monoisotopic (exact) mass is 800 g/mol. The number of carbonyl (C=O) groups is 3. The molecule has 5 atom stereocenters. The molecule has 0 aliphatic heterocycles. The molecule has 0 unspecified atom stereocenters. The van der Waals surface area contributed by atoms with Gasteiger partial charge < -0.3 is 53.2 Å². The highest BCUT2D eigenvalue weighted by molar-refractivity contribution is 6.31. The standard InChI is InChI=1S/C38H53ClN8O9/c39-33-35(41)46-34(40)30(45-33)36(54)47-38(42)43-20-6-5-7-22-10-15-24(16-11-22)25-17-12-23(13-18-25)14-19-29(51)44-26(37(55)56)8-3-1-2-4-9-27(49)31(52)32(53)28(50)21-48/h10-13,15-18,26-28,31-32,48-50,52-53H,1-9,14,19-21H2,(H,44,51)(H,55,56)(H4,40,41,46)(H3,42,43,47,54)/t26-,27-,28+,31+,32+/m0/s1. The number of hydrogen-bond acceptors (Lipinski definition) is 13. The van der Waals surface area contributed by atoms with Gasteiger partial charge in [0.15, 0.2) is 28.4 Å². The number of aliphatic imine (C=N–C) groups is 1. The number of nitrogen functional groups attached to an aromatic ring is 2. The van der Waals surface area contributed by atoms with Gasteiger partial charge in [-0.25, -0.2) is 14.8 Å². The fourth-order valence-electron chi connectivity index (χ4n) is 5.76. The molecule has 0 saturated carbocycles. The molecule has 0 aliphatic rings. The summed E-state index contributed by atoms with van der Waals surface area (Å²) in [7, 11) is 0. The highest BCUT2D eigenvalue weighted by Gasteiger charge is 2.29. The van der Waals surface area contributed by atoms with E-state index in [0.29, 0.717) is 38.6 Å². The zero-order valence-electron chi connectivity index (χ0n) is 31.1. The number of carbonyl (C=O) groups excluding carboxylic acids is 2. The van der Waals surface area contributed by atoms with Gasteiger partial charge >= 0.3 is 5.97 Å². The molecular weight excluding hydrogens is 748 g/mol. The van der Waals surface area contributed by atoms with Crippen molar-refractivity contribution in [3.05, 3.63) is 70.5 Å². The lowest BCUT2D eigenvalue weighted by molar-refractivity contribution is -0.142. The molecule has 14 N–H and O–H groups in total. The maximum Gasteiger partial charge on any atom is 0.326 e. The predicted molar refractivity (Wildman–Crippen MR) is 211 cm³/mol. The van der Waals surface area contributed by atoms with Crippen molar-refractivity contribution in [2.45, 2.75) is 101 Å². The lowest BCUT2D eigenvalue weighted by Gasteiger charge is -2.25. The molecule has 0 aliphatic carbocycles. The molecule has 1 aromatic heterocycles. The van der Waals surface area contributed by atoms with Crippen LogP contribution in [0.4, 0.5) is 11.6 Å². The summed E-state index contributed by atoms with van der Waals surface area (Å²) in [5.74, 6) is -2.52. The first-order valence-electron chi connectivity index (χ1n) is 18.4. The van der Waals surface area contributed by atoms with E-state index in [-0.39, 0.29) is 53.6 Å². The number of nitrogens with one attached hydrogen (secondary N) is 2. The summed E-state index contributed by atoms with van der Waals surface area (Å²) in [6, 6.07) is 15.0. The number of aliphatic hydroxyl groups excluding tert-OH is 5. The third kappa shape index (κ3) is 15.0. The van der Waals surface area contributed by atoms with Crippen molar-refractivity contribution in [3.63, 3.8) is 0 Å². The van der Waals surface area contributed by atoms with Crippen molar-refractivity contribution >= 4 is 47.0 Å². The van der Waals surface area contributed by atoms with E-state index >= 15 is 0 Å². The highest BCUT2D eigenvalue weighted by Crippen LogP contribution is 2.22. The van der Waals surface area contributed by atoms with Crippen molar-refractivity contribution < 1.29 is 45.0 Å². The summed E-state index contributed by atoms with van der Waals surface area (Å²) in [6.45, 7) is -0.345. The fourth-order valence-corrected chi connectivity index (χ4v) is 5.89. The summed E-state index contributed by atoms with van der Waals surface area (Å²) >= 11 is 5.82. The number of hydrogen-bond donors (Lipinski definition) is 11. The Hall–Kier alpha value is -4.91. The van der Waals surface area contributed by atoms with Crippen LogP contribution in [0.2, 0.25) is 5.15 Å². The van der Waals surface area contributed by atoms with Crippen molar-refractivity contribution in [1.82, 2.24) is 20.6 Å². The Labute approximate surface area is 330 Å². The van der Waals surface area contributed by atoms with Crippen LogP contribution in [-0.4, -0.2) is 108 Å². The third-order valence-electron chi connectivity index (χ3n) is 9.10. The number of aryl methyl sites for hydroxylation is 2. The minimum atomic E-state index is -1.67. The van der Waals surface area contributed by atoms with Gasteiger partial charge in [-0.3, -0.25) is 19.9 Å². The van der Waals surface area contributed by atoms with Gasteiger partial charge in [0.1, 0.15) is 24.4 Å². The molecule has 0 bridgehead atoms. The number of nitrogens with zero attached hydrogens (tertiary/aromatic N) is 3. The van der Waals surface area contributed by atoms with Crippen LogP contribution in [0, 0.1) is 0 Å². The molecule has 1 heterocycles. The van der Waals surface area contributed by atoms with E-state index in [4.69, 9.17) is 33.9 Å². The van der Waals surface area contributed by atoms with E-state index in [1.165, 1.54) is 0 Å². The third-order valence-corrected chi connectivity index (χ3v) is 9.38.